The molecule has 146 valence electrons. The zero-order valence-corrected chi connectivity index (χ0v) is 16.9. The number of rotatable bonds is 6. The molecule has 1 aliphatic heterocycles. The van der Waals surface area contributed by atoms with Crippen LogP contribution in [0.3, 0.4) is 0 Å². The summed E-state index contributed by atoms with van der Waals surface area (Å²) in [7, 11) is -4.05. The molecule has 0 radical (unpaired) electrons. The van der Waals surface area contributed by atoms with Gasteiger partial charge in [-0.15, -0.1) is 6.58 Å². The number of likely N-dealkylation sites (N-methyl/N-ethyl adjacent to an activating group) is 1. The second-order valence-electron chi connectivity index (χ2n) is 6.39. The van der Waals surface area contributed by atoms with Gasteiger partial charge in [-0.2, -0.15) is 0 Å². The van der Waals surface area contributed by atoms with E-state index in [1.54, 1.807) is 12.1 Å². The molecule has 0 saturated carbocycles. The third-order valence-electron chi connectivity index (χ3n) is 4.82. The molecule has 0 bridgehead atoms. The number of benzene rings is 2. The number of sulfonamides is 1. The highest BCUT2D eigenvalue weighted by Crippen LogP contribution is 2.43. The molecule has 0 saturated heterocycles. The summed E-state index contributed by atoms with van der Waals surface area (Å²) in [5.74, 6) is -0.479. The Bertz CT molecular complexity index is 1020. The number of carbonyl (C=O) groups is 1. The first-order valence-electron chi connectivity index (χ1n) is 9.29. The van der Waals surface area contributed by atoms with Crippen molar-refractivity contribution >= 4 is 27.2 Å². The fourth-order valence-electron chi connectivity index (χ4n) is 3.47. The van der Waals surface area contributed by atoms with E-state index in [1.165, 1.54) is 15.3 Å². The van der Waals surface area contributed by atoms with Gasteiger partial charge in [0, 0.05) is 24.2 Å². The number of para-hydroxylation sites is 1. The van der Waals surface area contributed by atoms with Crippen molar-refractivity contribution in [2.45, 2.75) is 13.8 Å². The van der Waals surface area contributed by atoms with Crippen LogP contribution in [-0.4, -0.2) is 38.9 Å². The van der Waals surface area contributed by atoms with Gasteiger partial charge in [0.15, 0.2) is 4.91 Å². The highest BCUT2D eigenvalue weighted by molar-refractivity contribution is 7.97. The largest absolute Gasteiger partial charge is 0.339 e. The fourth-order valence-corrected chi connectivity index (χ4v) is 5.25. The van der Waals surface area contributed by atoms with Gasteiger partial charge in [0.05, 0.1) is 12.2 Å². The maximum atomic E-state index is 13.6. The maximum Gasteiger partial charge on any atom is 0.270 e. The van der Waals surface area contributed by atoms with E-state index >= 15 is 0 Å². The topological polar surface area (TPSA) is 57.7 Å². The van der Waals surface area contributed by atoms with Crippen molar-refractivity contribution in [3.63, 3.8) is 0 Å². The number of hydrogen-bond donors (Lipinski definition) is 0. The van der Waals surface area contributed by atoms with E-state index in [9.17, 15) is 13.2 Å². The Kier molecular flexibility index (Phi) is 5.70. The Hall–Kier alpha value is -2.86. The van der Waals surface area contributed by atoms with E-state index in [1.807, 2.05) is 56.3 Å². The molecule has 28 heavy (non-hydrogen) atoms. The molecule has 0 spiro atoms. The number of amides is 1. The highest BCUT2D eigenvalue weighted by Gasteiger charge is 2.41. The Morgan fingerprint density at radius 2 is 1.64 bits per heavy atom. The van der Waals surface area contributed by atoms with Gasteiger partial charge in [-0.25, -0.2) is 8.42 Å². The lowest BCUT2D eigenvalue weighted by Gasteiger charge is -2.34. The lowest BCUT2D eigenvalue weighted by molar-refractivity contribution is -0.126. The van der Waals surface area contributed by atoms with Gasteiger partial charge in [-0.3, -0.25) is 9.10 Å². The molecule has 0 unspecified atom stereocenters. The molecule has 2 aromatic rings. The summed E-state index contributed by atoms with van der Waals surface area (Å²) in [6.45, 7) is 8.33. The number of carbonyl (C=O) groups excluding carboxylic acids is 1. The number of anilines is 1. The van der Waals surface area contributed by atoms with Crippen molar-refractivity contribution in [1.29, 1.82) is 0 Å². The third kappa shape index (κ3) is 3.24. The van der Waals surface area contributed by atoms with Gasteiger partial charge in [0.1, 0.15) is 0 Å². The summed E-state index contributed by atoms with van der Waals surface area (Å²) < 4.78 is 28.5. The summed E-state index contributed by atoms with van der Waals surface area (Å²) in [6, 6.07) is 16.5. The Morgan fingerprint density at radius 1 is 1.04 bits per heavy atom. The molecule has 2 aromatic carbocycles. The second-order valence-corrected chi connectivity index (χ2v) is 8.19. The van der Waals surface area contributed by atoms with Gasteiger partial charge in [0.2, 0.25) is 0 Å². The molecule has 1 amide bonds. The smallest absolute Gasteiger partial charge is 0.270 e. The number of fused-ring (bicyclic) bond motifs is 1. The first-order chi connectivity index (χ1) is 13.5. The van der Waals surface area contributed by atoms with Crippen molar-refractivity contribution in [1.82, 2.24) is 4.90 Å². The average Bonchev–Trinajstić information content (AvgIpc) is 2.71. The van der Waals surface area contributed by atoms with Crippen LogP contribution in [0, 0.1) is 0 Å². The molecule has 3 rings (SSSR count). The monoisotopic (exact) mass is 396 g/mol. The Labute approximate surface area is 166 Å². The molecule has 1 aliphatic rings. The zero-order valence-electron chi connectivity index (χ0n) is 16.1. The van der Waals surface area contributed by atoms with Crippen LogP contribution in [0.2, 0.25) is 0 Å². The van der Waals surface area contributed by atoms with E-state index in [-0.39, 0.29) is 11.4 Å². The van der Waals surface area contributed by atoms with Crippen molar-refractivity contribution < 1.29 is 13.2 Å². The summed E-state index contributed by atoms with van der Waals surface area (Å²) >= 11 is 0. The molecule has 0 N–H and O–H groups in total. The van der Waals surface area contributed by atoms with Gasteiger partial charge in [-0.05, 0) is 25.5 Å². The lowest BCUT2D eigenvalue weighted by Crippen LogP contribution is -2.43. The van der Waals surface area contributed by atoms with Crippen LogP contribution >= 0.6 is 0 Å². The van der Waals surface area contributed by atoms with Crippen molar-refractivity contribution in [2.24, 2.45) is 0 Å². The molecule has 0 fully saturated rings. The van der Waals surface area contributed by atoms with Crippen LogP contribution in [0.15, 0.2) is 72.2 Å². The van der Waals surface area contributed by atoms with Crippen LogP contribution in [-0.2, 0) is 14.8 Å². The molecule has 6 heteroatoms. The Morgan fingerprint density at radius 3 is 2.25 bits per heavy atom. The van der Waals surface area contributed by atoms with Crippen molar-refractivity contribution in [3.05, 3.63) is 83.3 Å². The Balaban J connectivity index is 2.42. The fraction of sp³-hybridized carbons (Fsp3) is 0.227. The van der Waals surface area contributed by atoms with Crippen LogP contribution in [0.25, 0.3) is 5.57 Å². The molecule has 0 aliphatic carbocycles. The number of nitrogens with zero attached hydrogens (tertiary/aromatic N) is 2. The minimum Gasteiger partial charge on any atom is -0.339 e. The molecular weight excluding hydrogens is 372 g/mol. The summed E-state index contributed by atoms with van der Waals surface area (Å²) in [4.78, 5) is 14.7. The minimum atomic E-state index is -4.05. The predicted molar refractivity (Wildman–Crippen MR) is 113 cm³/mol. The van der Waals surface area contributed by atoms with E-state index in [4.69, 9.17) is 0 Å². The number of hydrogen-bond acceptors (Lipinski definition) is 3. The van der Waals surface area contributed by atoms with E-state index in [0.29, 0.717) is 29.9 Å². The molecule has 0 atom stereocenters. The lowest BCUT2D eigenvalue weighted by atomic mass is 9.95. The molecule has 5 nitrogen and oxygen atoms in total. The maximum absolute atomic E-state index is 13.6. The molecular formula is C22H24N2O3S. The van der Waals surface area contributed by atoms with Crippen molar-refractivity contribution in [3.8, 4) is 0 Å². The molecule has 0 aromatic heterocycles. The van der Waals surface area contributed by atoms with Gasteiger partial charge < -0.3 is 4.90 Å². The first kappa shape index (κ1) is 19.9. The summed E-state index contributed by atoms with van der Waals surface area (Å²) in [5, 5.41) is 0. The quantitative estimate of drug-likeness (QED) is 0.701. The normalized spacial score (nSPS) is 15.1. The second kappa shape index (κ2) is 8.02. The standard InChI is InChI=1S/C22H24N2O3S/c1-4-16-24-19-15-11-10-14-18(19)20(17-12-8-7-9-13-17)21(28(24,26)27)22(25)23(5-2)6-3/h4,7-15H,1,5-6,16H2,2-3H3. The molecule has 1 heterocycles. The van der Waals surface area contributed by atoms with Gasteiger partial charge in [0.25, 0.3) is 15.9 Å². The van der Waals surface area contributed by atoms with Crippen LogP contribution in [0.1, 0.15) is 25.0 Å². The predicted octanol–water partition coefficient (Wildman–Crippen LogP) is 3.65. The summed E-state index contributed by atoms with van der Waals surface area (Å²) in [5.41, 5.74) is 2.43. The van der Waals surface area contributed by atoms with Crippen LogP contribution in [0.5, 0.6) is 0 Å². The van der Waals surface area contributed by atoms with E-state index in [2.05, 4.69) is 6.58 Å². The van der Waals surface area contributed by atoms with E-state index in [0.717, 1.165) is 5.56 Å². The zero-order chi connectivity index (χ0) is 20.3. The van der Waals surface area contributed by atoms with Gasteiger partial charge >= 0.3 is 0 Å². The van der Waals surface area contributed by atoms with Gasteiger partial charge in [-0.1, -0.05) is 54.6 Å². The van der Waals surface area contributed by atoms with Crippen molar-refractivity contribution in [2.75, 3.05) is 23.9 Å². The highest BCUT2D eigenvalue weighted by atomic mass is 32.2. The first-order valence-corrected chi connectivity index (χ1v) is 10.7. The van der Waals surface area contributed by atoms with Crippen LogP contribution < -0.4 is 4.31 Å². The third-order valence-corrected chi connectivity index (χ3v) is 6.64. The minimum absolute atomic E-state index is 0.0937. The van der Waals surface area contributed by atoms with E-state index < -0.39 is 15.9 Å². The summed E-state index contributed by atoms with van der Waals surface area (Å²) in [6.07, 6.45) is 1.53. The SMILES string of the molecule is C=CCN1c2ccccc2C(c2ccccc2)=C(C(=O)N(CC)CC)S1(=O)=O. The van der Waals surface area contributed by atoms with Crippen LogP contribution in [0.4, 0.5) is 5.69 Å². The average molecular weight is 397 g/mol.